The molecule has 0 saturated carbocycles. The molecule has 100 valence electrons. The molecular formula is C15H16BrNO2. The van der Waals surface area contributed by atoms with Crippen molar-refractivity contribution in [2.45, 2.75) is 37.3 Å². The summed E-state index contributed by atoms with van der Waals surface area (Å²) < 4.78 is 6.02. The lowest BCUT2D eigenvalue weighted by molar-refractivity contribution is 0.0228. The van der Waals surface area contributed by atoms with Crippen LogP contribution >= 0.6 is 15.9 Å². The molecule has 1 aromatic heterocycles. The molecule has 1 aliphatic rings. The maximum absolute atomic E-state index is 10.4. The molecule has 1 aromatic carbocycles. The molecule has 0 aliphatic carbocycles. The van der Waals surface area contributed by atoms with Crippen molar-refractivity contribution >= 4 is 26.8 Å². The van der Waals surface area contributed by atoms with Gasteiger partial charge in [0.1, 0.15) is 11.4 Å². The predicted molar refractivity (Wildman–Crippen MR) is 78.9 cm³/mol. The highest BCUT2D eigenvalue weighted by molar-refractivity contribution is 9.09. The summed E-state index contributed by atoms with van der Waals surface area (Å²) in [6.07, 6.45) is 1.24. The smallest absolute Gasteiger partial charge is 0.126 e. The molecule has 3 rings (SSSR count). The lowest BCUT2D eigenvalue weighted by Crippen LogP contribution is -2.45. The minimum Gasteiger partial charge on any atom is -0.486 e. The molecule has 0 radical (unpaired) electrons. The largest absolute Gasteiger partial charge is 0.486 e. The molecule has 1 aliphatic heterocycles. The van der Waals surface area contributed by atoms with Gasteiger partial charge in [-0.25, -0.2) is 0 Å². The van der Waals surface area contributed by atoms with E-state index in [4.69, 9.17) is 4.74 Å². The van der Waals surface area contributed by atoms with Crippen LogP contribution < -0.4 is 4.74 Å². The van der Waals surface area contributed by atoms with Gasteiger partial charge in [-0.2, -0.15) is 0 Å². The van der Waals surface area contributed by atoms with E-state index >= 15 is 0 Å². The Kier molecular flexibility index (Phi) is 2.84. The van der Waals surface area contributed by atoms with E-state index in [9.17, 15) is 5.11 Å². The fraction of sp³-hybridized carbons (Fsp3) is 0.400. The summed E-state index contributed by atoms with van der Waals surface area (Å²) >= 11 is 3.53. The number of pyridine rings is 1. The van der Waals surface area contributed by atoms with Crippen LogP contribution in [0.4, 0.5) is 0 Å². The van der Waals surface area contributed by atoms with Crippen LogP contribution in [-0.4, -0.2) is 20.5 Å². The van der Waals surface area contributed by atoms with Crippen molar-refractivity contribution in [2.75, 3.05) is 0 Å². The number of aliphatic hydroxyl groups is 1. The molecule has 2 aromatic rings. The van der Waals surface area contributed by atoms with Crippen molar-refractivity contribution in [1.29, 1.82) is 0 Å². The molecule has 0 amide bonds. The van der Waals surface area contributed by atoms with E-state index in [0.717, 1.165) is 27.8 Å². The Hall–Kier alpha value is -1.13. The van der Waals surface area contributed by atoms with Crippen molar-refractivity contribution < 1.29 is 9.84 Å². The van der Waals surface area contributed by atoms with Gasteiger partial charge < -0.3 is 9.84 Å². The van der Waals surface area contributed by atoms with E-state index in [0.29, 0.717) is 0 Å². The first-order chi connectivity index (χ1) is 8.88. The third-order valence-corrected chi connectivity index (χ3v) is 5.19. The standard InChI is InChI=1S/C15H16BrNO2/c1-8-4-9-5-12-10(6-11(9)17-7-8)13(18)14(16)15(2,3)19-12/h4-7,13-14,18H,1-3H3/t13-,14+/m1/s1. The first-order valence-corrected chi connectivity index (χ1v) is 7.21. The molecule has 2 atom stereocenters. The molecule has 0 saturated heterocycles. The van der Waals surface area contributed by atoms with Gasteiger partial charge in [0.05, 0.1) is 16.4 Å². The van der Waals surface area contributed by atoms with Crippen molar-refractivity contribution in [3.05, 3.63) is 35.5 Å². The van der Waals surface area contributed by atoms with Crippen molar-refractivity contribution in [3.63, 3.8) is 0 Å². The van der Waals surface area contributed by atoms with Crippen LogP contribution in [0.3, 0.4) is 0 Å². The zero-order valence-corrected chi connectivity index (χ0v) is 12.7. The fourth-order valence-electron chi connectivity index (χ4n) is 2.48. The monoisotopic (exact) mass is 321 g/mol. The number of benzene rings is 1. The van der Waals surface area contributed by atoms with E-state index in [-0.39, 0.29) is 4.83 Å². The second-order valence-corrected chi connectivity index (χ2v) is 6.63. The van der Waals surface area contributed by atoms with Crippen LogP contribution in [0.2, 0.25) is 0 Å². The van der Waals surface area contributed by atoms with Crippen molar-refractivity contribution in [3.8, 4) is 5.75 Å². The van der Waals surface area contributed by atoms with Crippen LogP contribution in [0, 0.1) is 6.92 Å². The molecule has 1 N–H and O–H groups in total. The molecule has 0 unspecified atom stereocenters. The number of nitrogens with zero attached hydrogens (tertiary/aromatic N) is 1. The second kappa shape index (κ2) is 4.18. The molecule has 0 bridgehead atoms. The quantitative estimate of drug-likeness (QED) is 0.755. The van der Waals surface area contributed by atoms with Gasteiger partial charge >= 0.3 is 0 Å². The van der Waals surface area contributed by atoms with E-state index in [2.05, 4.69) is 27.0 Å². The summed E-state index contributed by atoms with van der Waals surface area (Å²) in [6, 6.07) is 5.96. The SMILES string of the molecule is Cc1cnc2cc3c(cc2c1)OC(C)(C)[C@@H](Br)[C@@H]3O. The molecule has 0 fully saturated rings. The van der Waals surface area contributed by atoms with Gasteiger partial charge in [0.15, 0.2) is 0 Å². The highest BCUT2D eigenvalue weighted by Crippen LogP contribution is 2.44. The average Bonchev–Trinajstić information content (AvgIpc) is 2.34. The maximum atomic E-state index is 10.4. The molecule has 3 nitrogen and oxygen atoms in total. The Labute approximate surface area is 120 Å². The van der Waals surface area contributed by atoms with E-state index in [1.807, 2.05) is 39.1 Å². The van der Waals surface area contributed by atoms with Gasteiger partial charge in [-0.3, -0.25) is 4.98 Å². The number of halogens is 1. The Morgan fingerprint density at radius 3 is 2.79 bits per heavy atom. The van der Waals surface area contributed by atoms with Gasteiger partial charge in [-0.05, 0) is 44.5 Å². The minimum absolute atomic E-state index is 0.143. The number of fused-ring (bicyclic) bond motifs is 2. The Morgan fingerprint density at radius 1 is 1.32 bits per heavy atom. The average molecular weight is 322 g/mol. The summed E-state index contributed by atoms with van der Waals surface area (Å²) in [5.41, 5.74) is 2.34. The maximum Gasteiger partial charge on any atom is 0.126 e. The van der Waals surface area contributed by atoms with Crippen LogP contribution in [0.5, 0.6) is 5.75 Å². The number of rotatable bonds is 0. The number of alkyl halides is 1. The summed E-state index contributed by atoms with van der Waals surface area (Å²) in [6.45, 7) is 5.95. The Bertz CT molecular complexity index is 654. The number of aromatic nitrogens is 1. The number of aryl methyl sites for hydroxylation is 1. The topological polar surface area (TPSA) is 42.4 Å². The number of hydrogen-bond acceptors (Lipinski definition) is 3. The highest BCUT2D eigenvalue weighted by Gasteiger charge is 2.41. The third kappa shape index (κ3) is 2.03. The van der Waals surface area contributed by atoms with Crippen molar-refractivity contribution in [1.82, 2.24) is 4.98 Å². The van der Waals surface area contributed by atoms with Gasteiger partial charge in [0.25, 0.3) is 0 Å². The van der Waals surface area contributed by atoms with Crippen LogP contribution in [0.25, 0.3) is 10.9 Å². The summed E-state index contributed by atoms with van der Waals surface area (Å²) in [4.78, 5) is 4.26. The molecule has 19 heavy (non-hydrogen) atoms. The predicted octanol–water partition coefficient (Wildman–Crippen LogP) is 3.51. The third-order valence-electron chi connectivity index (χ3n) is 3.58. The van der Waals surface area contributed by atoms with E-state index in [1.54, 1.807) is 0 Å². The normalized spacial score (nSPS) is 24.9. The molecule has 4 heteroatoms. The zero-order chi connectivity index (χ0) is 13.8. The van der Waals surface area contributed by atoms with E-state index in [1.165, 1.54) is 0 Å². The fourth-order valence-corrected chi connectivity index (χ4v) is 2.86. The van der Waals surface area contributed by atoms with Crippen LogP contribution in [0.15, 0.2) is 24.4 Å². The molecule has 0 spiro atoms. The summed E-state index contributed by atoms with van der Waals surface area (Å²) in [7, 11) is 0. The van der Waals surface area contributed by atoms with Crippen LogP contribution in [0.1, 0.15) is 31.1 Å². The van der Waals surface area contributed by atoms with Gasteiger partial charge in [0.2, 0.25) is 0 Å². The Balaban J connectivity index is 2.22. The van der Waals surface area contributed by atoms with Crippen molar-refractivity contribution in [2.24, 2.45) is 0 Å². The van der Waals surface area contributed by atoms with E-state index < -0.39 is 11.7 Å². The first-order valence-electron chi connectivity index (χ1n) is 6.30. The van der Waals surface area contributed by atoms with Crippen LogP contribution in [-0.2, 0) is 0 Å². The highest BCUT2D eigenvalue weighted by atomic mass is 79.9. The summed E-state index contributed by atoms with van der Waals surface area (Å²) in [5.74, 6) is 0.744. The number of ether oxygens (including phenoxy) is 1. The zero-order valence-electron chi connectivity index (χ0n) is 11.1. The lowest BCUT2D eigenvalue weighted by Gasteiger charge is -2.40. The van der Waals surface area contributed by atoms with Gasteiger partial charge in [0, 0.05) is 17.1 Å². The molecule has 2 heterocycles. The first kappa shape index (κ1) is 12.9. The molecular weight excluding hydrogens is 306 g/mol. The van der Waals surface area contributed by atoms with Gasteiger partial charge in [-0.15, -0.1) is 0 Å². The number of hydrogen-bond donors (Lipinski definition) is 1. The second-order valence-electron chi connectivity index (χ2n) is 5.65. The minimum atomic E-state index is -0.591. The summed E-state index contributed by atoms with van der Waals surface area (Å²) in [5, 5.41) is 11.5. The lowest BCUT2D eigenvalue weighted by atomic mass is 9.91. The number of aliphatic hydroxyl groups excluding tert-OH is 1. The Morgan fingerprint density at radius 2 is 2.05 bits per heavy atom. The van der Waals surface area contributed by atoms with Gasteiger partial charge in [-0.1, -0.05) is 15.9 Å².